The summed E-state index contributed by atoms with van der Waals surface area (Å²) in [6.45, 7) is 0.781. The molecule has 3 heterocycles. The van der Waals surface area contributed by atoms with Crippen molar-refractivity contribution in [3.05, 3.63) is 45.7 Å². The lowest BCUT2D eigenvalue weighted by molar-refractivity contribution is -0.137. The fraction of sp³-hybridized carbons (Fsp3) is 0.381. The third kappa shape index (κ3) is 4.58. The first kappa shape index (κ1) is 23.3. The lowest BCUT2D eigenvalue weighted by atomic mass is 9.92. The second-order valence-corrected chi connectivity index (χ2v) is 8.15. The van der Waals surface area contributed by atoms with Crippen molar-refractivity contribution in [2.24, 2.45) is 11.7 Å². The maximum Gasteiger partial charge on any atom is 0.418 e. The number of primary amides is 1. The summed E-state index contributed by atoms with van der Waals surface area (Å²) in [5.41, 5.74) is 2.97. The van der Waals surface area contributed by atoms with Crippen molar-refractivity contribution in [1.29, 1.82) is 0 Å². The number of rotatable bonds is 4. The molecule has 2 aromatic rings. The van der Waals surface area contributed by atoms with E-state index in [4.69, 9.17) is 5.73 Å². The molecule has 34 heavy (non-hydrogen) atoms. The number of aromatic amines is 1. The normalized spacial score (nSPS) is 18.7. The standard InChI is InChI=1S/C21H21F3N6O4/c22-21(23,24)12-3-1-2-4-13(12)26-18(33)11-9-14(31)27-17-15(11)19(34)29-20(28-17)30-7-5-10(6-8-30)16(25)32/h1-4,10-11H,5-9H2,(H2,25,32)(H,26,33)(H2,27,28,29,31,34)/t11-/m0/s1. The number of hydrogen-bond donors (Lipinski definition) is 4. The third-order valence-corrected chi connectivity index (χ3v) is 5.94. The number of nitrogens with zero attached hydrogens (tertiary/aromatic N) is 2. The Bertz CT molecular complexity index is 1200. The number of nitrogens with two attached hydrogens (primary N) is 1. The van der Waals surface area contributed by atoms with Gasteiger partial charge in [0.15, 0.2) is 0 Å². The molecule has 3 amide bonds. The van der Waals surface area contributed by atoms with Crippen LogP contribution in [0.25, 0.3) is 0 Å². The molecular weight excluding hydrogens is 457 g/mol. The Morgan fingerprint density at radius 3 is 2.47 bits per heavy atom. The van der Waals surface area contributed by atoms with Crippen LogP contribution in [0.2, 0.25) is 0 Å². The van der Waals surface area contributed by atoms with Crippen LogP contribution >= 0.6 is 0 Å². The van der Waals surface area contributed by atoms with E-state index >= 15 is 0 Å². The average molecular weight is 478 g/mol. The molecule has 0 radical (unpaired) electrons. The van der Waals surface area contributed by atoms with Gasteiger partial charge < -0.3 is 21.3 Å². The second-order valence-electron chi connectivity index (χ2n) is 8.15. The van der Waals surface area contributed by atoms with E-state index in [2.05, 4.69) is 20.6 Å². The summed E-state index contributed by atoms with van der Waals surface area (Å²) in [5.74, 6) is -3.54. The van der Waals surface area contributed by atoms with E-state index in [0.717, 1.165) is 12.1 Å². The zero-order valence-electron chi connectivity index (χ0n) is 17.7. The summed E-state index contributed by atoms with van der Waals surface area (Å²) in [7, 11) is 0. The van der Waals surface area contributed by atoms with E-state index in [0.29, 0.717) is 25.9 Å². The van der Waals surface area contributed by atoms with Gasteiger partial charge in [-0.3, -0.25) is 24.2 Å². The Morgan fingerprint density at radius 1 is 1.15 bits per heavy atom. The van der Waals surface area contributed by atoms with Crippen molar-refractivity contribution >= 4 is 35.2 Å². The third-order valence-electron chi connectivity index (χ3n) is 5.94. The monoisotopic (exact) mass is 478 g/mol. The van der Waals surface area contributed by atoms with Gasteiger partial charge in [0.2, 0.25) is 23.7 Å². The highest BCUT2D eigenvalue weighted by molar-refractivity contribution is 6.04. The molecule has 1 aromatic carbocycles. The number of H-pyrrole nitrogens is 1. The first-order chi connectivity index (χ1) is 16.0. The number of hydrogen-bond acceptors (Lipinski definition) is 6. The van der Waals surface area contributed by atoms with Crippen molar-refractivity contribution < 1.29 is 27.6 Å². The molecule has 4 rings (SSSR count). The molecule has 180 valence electrons. The predicted molar refractivity (Wildman–Crippen MR) is 115 cm³/mol. The summed E-state index contributed by atoms with van der Waals surface area (Å²) in [6, 6.07) is 4.42. The van der Waals surface area contributed by atoms with E-state index < -0.39 is 53.0 Å². The highest BCUT2D eigenvalue weighted by Gasteiger charge is 2.38. The number of nitrogens with one attached hydrogen (secondary N) is 3. The van der Waals surface area contributed by atoms with Gasteiger partial charge in [-0.1, -0.05) is 12.1 Å². The molecule has 1 fully saturated rings. The largest absolute Gasteiger partial charge is 0.418 e. The number of halogens is 3. The van der Waals surface area contributed by atoms with Gasteiger partial charge in [-0.05, 0) is 25.0 Å². The van der Waals surface area contributed by atoms with Crippen LogP contribution in [0.5, 0.6) is 0 Å². The number of fused-ring (bicyclic) bond motifs is 1. The van der Waals surface area contributed by atoms with Gasteiger partial charge in [0.05, 0.1) is 22.7 Å². The van der Waals surface area contributed by atoms with Crippen molar-refractivity contribution in [3.8, 4) is 0 Å². The number of amides is 3. The number of carbonyl (C=O) groups is 3. The zero-order chi connectivity index (χ0) is 24.6. The Labute approximate surface area is 190 Å². The van der Waals surface area contributed by atoms with Gasteiger partial charge in [-0.25, -0.2) is 0 Å². The topological polar surface area (TPSA) is 150 Å². The molecule has 0 spiro atoms. The minimum absolute atomic E-state index is 0.128. The first-order valence-electron chi connectivity index (χ1n) is 10.5. The summed E-state index contributed by atoms with van der Waals surface area (Å²) >= 11 is 0. The van der Waals surface area contributed by atoms with Crippen molar-refractivity contribution in [2.75, 3.05) is 28.6 Å². The van der Waals surface area contributed by atoms with Crippen LogP contribution in [0.4, 0.5) is 30.6 Å². The van der Waals surface area contributed by atoms with Crippen LogP contribution in [-0.2, 0) is 20.6 Å². The summed E-state index contributed by atoms with van der Waals surface area (Å²) in [6.07, 6.45) is -4.21. The fourth-order valence-electron chi connectivity index (χ4n) is 4.17. The molecule has 5 N–H and O–H groups in total. The SMILES string of the molecule is NC(=O)C1CCN(c2nc3c(c(=O)[nH]2)[C@@H](C(=O)Nc2ccccc2C(F)(F)F)CC(=O)N3)CC1. The maximum absolute atomic E-state index is 13.3. The fourth-order valence-corrected chi connectivity index (χ4v) is 4.17. The number of aromatic nitrogens is 2. The molecular formula is C21H21F3N6O4. The van der Waals surface area contributed by atoms with Crippen LogP contribution in [0, 0.1) is 5.92 Å². The predicted octanol–water partition coefficient (Wildman–Crippen LogP) is 1.55. The molecule has 0 unspecified atom stereocenters. The molecule has 0 aliphatic carbocycles. The van der Waals surface area contributed by atoms with Crippen molar-refractivity contribution in [3.63, 3.8) is 0 Å². The van der Waals surface area contributed by atoms with Crippen LogP contribution in [0.3, 0.4) is 0 Å². The molecule has 1 aromatic heterocycles. The number of alkyl halides is 3. The summed E-state index contributed by atoms with van der Waals surface area (Å²) in [4.78, 5) is 58.0. The minimum atomic E-state index is -4.71. The zero-order valence-corrected chi connectivity index (χ0v) is 17.7. The van der Waals surface area contributed by atoms with Gasteiger partial charge >= 0.3 is 6.18 Å². The Balaban J connectivity index is 1.61. The Morgan fingerprint density at radius 2 is 1.82 bits per heavy atom. The van der Waals surface area contributed by atoms with Crippen LogP contribution < -0.4 is 26.8 Å². The number of piperidine rings is 1. The summed E-state index contributed by atoms with van der Waals surface area (Å²) in [5, 5.41) is 4.66. The van der Waals surface area contributed by atoms with E-state index in [-0.39, 0.29) is 23.2 Å². The number of para-hydroxylation sites is 1. The quantitative estimate of drug-likeness (QED) is 0.524. The Hall–Kier alpha value is -3.90. The Kier molecular flexibility index (Phi) is 6.02. The van der Waals surface area contributed by atoms with E-state index in [1.165, 1.54) is 12.1 Å². The smallest absolute Gasteiger partial charge is 0.369 e. The molecule has 0 bridgehead atoms. The maximum atomic E-state index is 13.3. The van der Waals surface area contributed by atoms with Crippen molar-refractivity contribution in [2.45, 2.75) is 31.4 Å². The van der Waals surface area contributed by atoms with E-state index in [1.54, 1.807) is 4.90 Å². The van der Waals surface area contributed by atoms with Gasteiger partial charge in [0.25, 0.3) is 5.56 Å². The minimum Gasteiger partial charge on any atom is -0.369 e. The molecule has 10 nitrogen and oxygen atoms in total. The molecule has 1 atom stereocenters. The summed E-state index contributed by atoms with van der Waals surface area (Å²) < 4.78 is 39.9. The van der Waals surface area contributed by atoms with Gasteiger partial charge in [-0.2, -0.15) is 18.2 Å². The van der Waals surface area contributed by atoms with Gasteiger partial charge in [0.1, 0.15) is 5.82 Å². The average Bonchev–Trinajstić information content (AvgIpc) is 2.77. The van der Waals surface area contributed by atoms with E-state index in [9.17, 15) is 32.3 Å². The number of anilines is 3. The molecule has 0 saturated carbocycles. The van der Waals surface area contributed by atoms with Crippen LogP contribution in [0.15, 0.2) is 29.1 Å². The second kappa shape index (κ2) is 8.80. The van der Waals surface area contributed by atoms with Crippen LogP contribution in [-0.4, -0.2) is 40.8 Å². The number of benzene rings is 1. The molecule has 1 saturated heterocycles. The first-order valence-corrected chi connectivity index (χ1v) is 10.5. The van der Waals surface area contributed by atoms with Crippen molar-refractivity contribution in [1.82, 2.24) is 9.97 Å². The van der Waals surface area contributed by atoms with E-state index in [1.807, 2.05) is 0 Å². The van der Waals surface area contributed by atoms with Gasteiger partial charge in [0, 0.05) is 25.4 Å². The highest BCUT2D eigenvalue weighted by atomic mass is 19.4. The molecule has 2 aliphatic heterocycles. The molecule has 2 aliphatic rings. The lowest BCUT2D eigenvalue weighted by Gasteiger charge is -2.32. The van der Waals surface area contributed by atoms with Crippen LogP contribution in [0.1, 0.15) is 36.3 Å². The number of carbonyl (C=O) groups excluding carboxylic acids is 3. The molecule has 13 heteroatoms. The van der Waals surface area contributed by atoms with Gasteiger partial charge in [-0.15, -0.1) is 0 Å². The lowest BCUT2D eigenvalue weighted by Crippen LogP contribution is -2.41. The highest BCUT2D eigenvalue weighted by Crippen LogP contribution is 2.36.